The molecule has 1 saturated heterocycles. The molecule has 5 heteroatoms. The first-order valence-corrected chi connectivity index (χ1v) is 9.06. The lowest BCUT2D eigenvalue weighted by molar-refractivity contribution is -0.137. The van der Waals surface area contributed by atoms with Crippen molar-refractivity contribution in [2.75, 3.05) is 13.2 Å². The van der Waals surface area contributed by atoms with E-state index in [0.29, 0.717) is 6.61 Å². The predicted molar refractivity (Wildman–Crippen MR) is 89.8 cm³/mol. The summed E-state index contributed by atoms with van der Waals surface area (Å²) in [6, 6.07) is 8.01. The number of carbonyl (C=O) groups excluding carboxylic acids is 1. The van der Waals surface area contributed by atoms with Crippen LogP contribution in [0.5, 0.6) is 5.75 Å². The highest BCUT2D eigenvalue weighted by Crippen LogP contribution is 2.39. The molecular weight excluding hydrogens is 308 g/mol. The van der Waals surface area contributed by atoms with Crippen LogP contribution >= 0.6 is 11.3 Å². The molecule has 0 bridgehead atoms. The number of ether oxygens (including phenoxy) is 1. The van der Waals surface area contributed by atoms with Crippen molar-refractivity contribution in [1.82, 2.24) is 9.88 Å². The van der Waals surface area contributed by atoms with E-state index >= 15 is 0 Å². The molecule has 2 aliphatic rings. The number of benzene rings is 1. The second kappa shape index (κ2) is 5.96. The van der Waals surface area contributed by atoms with Crippen molar-refractivity contribution >= 4 is 17.2 Å². The average Bonchev–Trinajstić information content (AvgIpc) is 3.20. The van der Waals surface area contributed by atoms with Crippen LogP contribution in [0.3, 0.4) is 0 Å². The number of rotatable bonds is 2. The molecule has 1 aromatic heterocycles. The van der Waals surface area contributed by atoms with E-state index in [1.165, 1.54) is 0 Å². The van der Waals surface area contributed by atoms with E-state index in [-0.39, 0.29) is 17.9 Å². The zero-order chi connectivity index (χ0) is 15.8. The van der Waals surface area contributed by atoms with Gasteiger partial charge in [-0.3, -0.25) is 4.79 Å². The zero-order valence-electron chi connectivity index (χ0n) is 13.2. The fraction of sp³-hybridized carbons (Fsp3) is 0.444. The number of aryl methyl sites for hydroxylation is 1. The molecule has 2 aromatic rings. The maximum Gasteiger partial charge on any atom is 0.234 e. The van der Waals surface area contributed by atoms with Gasteiger partial charge in [-0.2, -0.15) is 0 Å². The summed E-state index contributed by atoms with van der Waals surface area (Å²) in [4.78, 5) is 19.8. The molecule has 3 heterocycles. The van der Waals surface area contributed by atoms with Gasteiger partial charge in [0.15, 0.2) is 0 Å². The van der Waals surface area contributed by atoms with E-state index in [4.69, 9.17) is 4.74 Å². The molecule has 0 spiro atoms. The number of carbonyl (C=O) groups is 1. The van der Waals surface area contributed by atoms with Gasteiger partial charge in [-0.15, -0.1) is 11.3 Å². The number of piperidine rings is 1. The van der Waals surface area contributed by atoms with Gasteiger partial charge in [0, 0.05) is 23.2 Å². The lowest BCUT2D eigenvalue weighted by Crippen LogP contribution is -2.41. The van der Waals surface area contributed by atoms with Crippen LogP contribution < -0.4 is 4.74 Å². The molecule has 120 valence electrons. The Morgan fingerprint density at radius 1 is 1.35 bits per heavy atom. The normalized spacial score (nSPS) is 23.4. The van der Waals surface area contributed by atoms with Crippen LogP contribution in [0, 0.1) is 6.92 Å². The molecule has 2 aliphatic heterocycles. The van der Waals surface area contributed by atoms with Crippen LogP contribution in [0.25, 0.3) is 0 Å². The molecule has 1 fully saturated rings. The smallest absolute Gasteiger partial charge is 0.234 e. The lowest BCUT2D eigenvalue weighted by Gasteiger charge is -2.36. The van der Waals surface area contributed by atoms with Crippen LogP contribution in [0.4, 0.5) is 0 Å². The Balaban J connectivity index is 1.61. The maximum atomic E-state index is 13.2. The number of para-hydroxylation sites is 1. The van der Waals surface area contributed by atoms with Gasteiger partial charge in [-0.1, -0.05) is 18.2 Å². The number of likely N-dealkylation sites (tertiary alicyclic amines) is 1. The van der Waals surface area contributed by atoms with Gasteiger partial charge in [0.05, 0.1) is 6.04 Å². The van der Waals surface area contributed by atoms with Crippen LogP contribution in [0.2, 0.25) is 0 Å². The van der Waals surface area contributed by atoms with Crippen molar-refractivity contribution in [1.29, 1.82) is 0 Å². The third-order valence-corrected chi connectivity index (χ3v) is 5.77. The minimum atomic E-state index is -0.173. The van der Waals surface area contributed by atoms with Crippen LogP contribution in [0.15, 0.2) is 29.6 Å². The molecule has 0 N–H and O–H groups in total. The second-order valence-corrected chi connectivity index (χ2v) is 7.16. The van der Waals surface area contributed by atoms with Gasteiger partial charge in [0.25, 0.3) is 0 Å². The molecule has 0 saturated carbocycles. The summed E-state index contributed by atoms with van der Waals surface area (Å²) in [6.45, 7) is 3.29. The molecule has 1 aromatic carbocycles. The summed E-state index contributed by atoms with van der Waals surface area (Å²) >= 11 is 1.67. The number of thiazole rings is 1. The Kier molecular flexibility index (Phi) is 3.81. The minimum Gasteiger partial charge on any atom is -0.492 e. The van der Waals surface area contributed by atoms with Gasteiger partial charge >= 0.3 is 0 Å². The Bertz CT molecular complexity index is 727. The molecular formula is C18H20N2O2S. The van der Waals surface area contributed by atoms with Gasteiger partial charge in [-0.05, 0) is 32.3 Å². The number of hydrogen-bond donors (Lipinski definition) is 0. The second-order valence-electron chi connectivity index (χ2n) is 6.27. The summed E-state index contributed by atoms with van der Waals surface area (Å²) < 4.78 is 5.71. The largest absolute Gasteiger partial charge is 0.492 e. The van der Waals surface area contributed by atoms with E-state index in [9.17, 15) is 4.79 Å². The van der Waals surface area contributed by atoms with Gasteiger partial charge < -0.3 is 9.64 Å². The van der Waals surface area contributed by atoms with Crippen molar-refractivity contribution in [3.05, 3.63) is 45.9 Å². The summed E-state index contributed by atoms with van der Waals surface area (Å²) in [6.07, 6.45) is 3.24. The molecule has 4 rings (SSSR count). The summed E-state index contributed by atoms with van der Waals surface area (Å²) in [7, 11) is 0. The first-order chi connectivity index (χ1) is 11.2. The molecule has 0 aliphatic carbocycles. The van der Waals surface area contributed by atoms with E-state index in [2.05, 4.69) is 10.4 Å². The van der Waals surface area contributed by atoms with Gasteiger partial charge in [0.1, 0.15) is 23.3 Å². The van der Waals surface area contributed by atoms with Crippen LogP contribution in [0.1, 0.15) is 47.5 Å². The fourth-order valence-corrected chi connectivity index (χ4v) is 4.49. The van der Waals surface area contributed by atoms with Gasteiger partial charge in [-0.25, -0.2) is 4.98 Å². The van der Waals surface area contributed by atoms with Crippen LogP contribution in [-0.4, -0.2) is 28.9 Å². The number of amides is 1. The highest BCUT2D eigenvalue weighted by molar-refractivity contribution is 7.09. The van der Waals surface area contributed by atoms with Crippen molar-refractivity contribution in [3.63, 3.8) is 0 Å². The number of fused-ring (bicyclic) bond motifs is 1. The monoisotopic (exact) mass is 328 g/mol. The Morgan fingerprint density at radius 3 is 3.04 bits per heavy atom. The van der Waals surface area contributed by atoms with Crippen molar-refractivity contribution in [2.45, 2.75) is 38.1 Å². The standard InChI is InChI=1S/C18H20N2O2S/c1-12-11-23-17(19-12)15-7-4-5-9-20(15)18(21)14-10-22-16-8-3-2-6-13(14)16/h2-3,6,8,11,14-15H,4-5,7,9-10H2,1H3/t14-,15-/m1/s1. The third kappa shape index (κ3) is 2.63. The highest BCUT2D eigenvalue weighted by Gasteiger charge is 2.38. The number of hydrogen-bond acceptors (Lipinski definition) is 4. The average molecular weight is 328 g/mol. The number of nitrogens with zero attached hydrogens (tertiary/aromatic N) is 2. The maximum absolute atomic E-state index is 13.2. The molecule has 1 amide bonds. The summed E-state index contributed by atoms with van der Waals surface area (Å²) in [5.74, 6) is 0.866. The first kappa shape index (κ1) is 14.7. The first-order valence-electron chi connectivity index (χ1n) is 8.18. The quantitative estimate of drug-likeness (QED) is 0.844. The zero-order valence-corrected chi connectivity index (χ0v) is 14.0. The summed E-state index contributed by atoms with van der Waals surface area (Å²) in [5, 5.41) is 3.14. The molecule has 2 atom stereocenters. The molecule has 4 nitrogen and oxygen atoms in total. The van der Waals surface area contributed by atoms with E-state index in [0.717, 1.165) is 47.8 Å². The van der Waals surface area contributed by atoms with E-state index < -0.39 is 0 Å². The Morgan fingerprint density at radius 2 is 2.22 bits per heavy atom. The summed E-state index contributed by atoms with van der Waals surface area (Å²) in [5.41, 5.74) is 2.06. The Hall–Kier alpha value is -1.88. The SMILES string of the molecule is Cc1csc([C@H]2CCCCN2C(=O)[C@@H]2COc3ccccc32)n1. The van der Waals surface area contributed by atoms with E-state index in [1.807, 2.05) is 36.1 Å². The van der Waals surface area contributed by atoms with Gasteiger partial charge in [0.2, 0.25) is 5.91 Å². The predicted octanol–water partition coefficient (Wildman–Crippen LogP) is 3.68. The van der Waals surface area contributed by atoms with E-state index in [1.54, 1.807) is 11.3 Å². The van der Waals surface area contributed by atoms with Crippen LogP contribution in [-0.2, 0) is 4.79 Å². The number of aromatic nitrogens is 1. The van der Waals surface area contributed by atoms with Crippen molar-refractivity contribution in [2.24, 2.45) is 0 Å². The molecule has 0 radical (unpaired) electrons. The topological polar surface area (TPSA) is 42.4 Å². The molecule has 23 heavy (non-hydrogen) atoms. The molecule has 0 unspecified atom stereocenters. The third-order valence-electron chi connectivity index (χ3n) is 4.71. The van der Waals surface area contributed by atoms with Crippen molar-refractivity contribution < 1.29 is 9.53 Å². The highest BCUT2D eigenvalue weighted by atomic mass is 32.1. The Labute approximate surface area is 140 Å². The lowest BCUT2D eigenvalue weighted by atomic mass is 9.96. The van der Waals surface area contributed by atoms with Crippen molar-refractivity contribution in [3.8, 4) is 5.75 Å². The minimum absolute atomic E-state index is 0.128. The fourth-order valence-electron chi connectivity index (χ4n) is 3.54.